The van der Waals surface area contributed by atoms with Crippen molar-refractivity contribution in [3.05, 3.63) is 39.9 Å². The van der Waals surface area contributed by atoms with Crippen LogP contribution < -0.4 is 9.86 Å². The van der Waals surface area contributed by atoms with E-state index >= 15 is 0 Å². The maximum atomic E-state index is 13.4. The van der Waals surface area contributed by atoms with Crippen molar-refractivity contribution < 1.29 is 21.6 Å². The second kappa shape index (κ2) is 7.11. The molecule has 0 amide bonds. The number of halogens is 3. The number of fused-ring (bicyclic) bond motifs is 1. The molecule has 0 saturated carbocycles. The second-order valence-electron chi connectivity index (χ2n) is 6.89. The maximum absolute atomic E-state index is 13.4. The van der Waals surface area contributed by atoms with E-state index in [2.05, 4.69) is 9.97 Å². The molecule has 0 aliphatic carbocycles. The second-order valence-corrected chi connectivity index (χ2v) is 8.91. The molecule has 0 unspecified atom stereocenters. The number of imidazole rings is 1. The fourth-order valence-electron chi connectivity index (χ4n) is 3.24. The molecular formula is C18H20F3N5O3S. The zero-order valence-electron chi connectivity index (χ0n) is 16.9. The van der Waals surface area contributed by atoms with Crippen LogP contribution in [0.3, 0.4) is 0 Å². The molecule has 0 bridgehead atoms. The van der Waals surface area contributed by atoms with Gasteiger partial charge in [-0.05, 0) is 31.5 Å². The highest BCUT2D eigenvalue weighted by molar-refractivity contribution is 7.92. The summed E-state index contributed by atoms with van der Waals surface area (Å²) in [5.74, 6) is 0.204. The van der Waals surface area contributed by atoms with Gasteiger partial charge in [0.05, 0.1) is 23.7 Å². The van der Waals surface area contributed by atoms with Crippen molar-refractivity contribution in [2.45, 2.75) is 26.6 Å². The Morgan fingerprint density at radius 1 is 1.23 bits per heavy atom. The van der Waals surface area contributed by atoms with Crippen LogP contribution in [0.25, 0.3) is 22.6 Å². The predicted octanol–water partition coefficient (Wildman–Crippen LogP) is 2.54. The van der Waals surface area contributed by atoms with E-state index in [-0.39, 0.29) is 23.4 Å². The summed E-state index contributed by atoms with van der Waals surface area (Å²) in [6.07, 6.45) is -2.32. The fraction of sp³-hybridized carbons (Fsp3) is 0.389. The van der Waals surface area contributed by atoms with E-state index in [9.17, 15) is 26.4 Å². The van der Waals surface area contributed by atoms with Crippen LogP contribution in [0.5, 0.6) is 0 Å². The zero-order valence-corrected chi connectivity index (χ0v) is 17.8. The smallest absolute Gasteiger partial charge is 0.321 e. The molecule has 3 aromatic rings. The number of sulfonamides is 1. The lowest BCUT2D eigenvalue weighted by Gasteiger charge is -2.17. The Morgan fingerprint density at radius 2 is 1.87 bits per heavy atom. The first-order valence-corrected chi connectivity index (χ1v) is 10.7. The van der Waals surface area contributed by atoms with Crippen molar-refractivity contribution in [2.24, 2.45) is 7.05 Å². The lowest BCUT2D eigenvalue weighted by Crippen LogP contribution is -2.28. The monoisotopic (exact) mass is 443 g/mol. The molecule has 8 nitrogen and oxygen atoms in total. The Kier molecular flexibility index (Phi) is 5.17. The average Bonchev–Trinajstić information content (AvgIpc) is 2.96. The summed E-state index contributed by atoms with van der Waals surface area (Å²) in [5.41, 5.74) is -0.725. The van der Waals surface area contributed by atoms with E-state index in [1.165, 1.54) is 31.8 Å². The van der Waals surface area contributed by atoms with Crippen LogP contribution >= 0.6 is 0 Å². The third kappa shape index (κ3) is 3.55. The van der Waals surface area contributed by atoms with Crippen molar-refractivity contribution >= 4 is 26.7 Å². The van der Waals surface area contributed by atoms with Gasteiger partial charge < -0.3 is 9.13 Å². The van der Waals surface area contributed by atoms with Gasteiger partial charge in [-0.3, -0.25) is 14.1 Å². The van der Waals surface area contributed by atoms with Crippen molar-refractivity contribution in [3.8, 4) is 11.5 Å². The van der Waals surface area contributed by atoms with Gasteiger partial charge in [-0.2, -0.15) is 13.2 Å². The molecule has 0 radical (unpaired) electrons. The van der Waals surface area contributed by atoms with Gasteiger partial charge in [-0.25, -0.2) is 13.4 Å². The normalized spacial score (nSPS) is 12.5. The Morgan fingerprint density at radius 3 is 2.37 bits per heavy atom. The van der Waals surface area contributed by atoms with E-state index in [4.69, 9.17) is 0 Å². The molecule has 0 fully saturated rings. The Bertz CT molecular complexity index is 1310. The van der Waals surface area contributed by atoms with Crippen LogP contribution in [-0.4, -0.2) is 40.8 Å². The number of anilines is 1. The van der Waals surface area contributed by atoms with Gasteiger partial charge in [0.1, 0.15) is 16.9 Å². The molecule has 0 N–H and O–H groups in total. The fourth-order valence-corrected chi connectivity index (χ4v) is 3.72. The number of hydrogen-bond acceptors (Lipinski definition) is 5. The largest absolute Gasteiger partial charge is 0.431 e. The van der Waals surface area contributed by atoms with Gasteiger partial charge in [0.2, 0.25) is 10.0 Å². The Balaban J connectivity index is 2.25. The molecule has 162 valence electrons. The van der Waals surface area contributed by atoms with Crippen molar-refractivity contribution in [3.63, 3.8) is 0 Å². The van der Waals surface area contributed by atoms with Gasteiger partial charge in [0, 0.05) is 20.6 Å². The third-order valence-electron chi connectivity index (χ3n) is 4.88. The summed E-state index contributed by atoms with van der Waals surface area (Å²) < 4.78 is 66.8. The third-order valence-corrected chi connectivity index (χ3v) is 6.08. The van der Waals surface area contributed by atoms with Crippen molar-refractivity contribution in [1.82, 2.24) is 19.1 Å². The lowest BCUT2D eigenvalue weighted by atomic mass is 10.2. The Hall–Kier alpha value is -2.89. The molecule has 0 spiro atoms. The summed E-state index contributed by atoms with van der Waals surface area (Å²) >= 11 is 0. The van der Waals surface area contributed by atoms with Crippen LogP contribution in [0.2, 0.25) is 0 Å². The molecule has 12 heteroatoms. The molecule has 3 aromatic heterocycles. The number of rotatable bonds is 4. The molecular weight excluding hydrogens is 423 g/mol. The number of alkyl halides is 3. The minimum atomic E-state index is -4.70. The first kappa shape index (κ1) is 21.8. The number of aryl methyl sites for hydroxylation is 2. The van der Waals surface area contributed by atoms with E-state index in [1.807, 2.05) is 0 Å². The highest BCUT2D eigenvalue weighted by atomic mass is 32.2. The minimum Gasteiger partial charge on any atom is -0.321 e. The highest BCUT2D eigenvalue weighted by Gasteiger charge is 2.35. The van der Waals surface area contributed by atoms with Crippen molar-refractivity contribution in [1.29, 1.82) is 0 Å². The Labute approximate surface area is 170 Å². The molecule has 0 atom stereocenters. The predicted molar refractivity (Wildman–Crippen MR) is 107 cm³/mol. The zero-order chi connectivity index (χ0) is 22.6. The van der Waals surface area contributed by atoms with Gasteiger partial charge in [-0.15, -0.1) is 0 Å². The van der Waals surface area contributed by atoms with Crippen LogP contribution in [0, 0.1) is 6.92 Å². The molecule has 0 saturated heterocycles. The summed E-state index contributed by atoms with van der Waals surface area (Å²) in [7, 11) is -0.583. The summed E-state index contributed by atoms with van der Waals surface area (Å²) in [6.45, 7) is 2.99. The van der Waals surface area contributed by atoms with E-state index in [0.717, 1.165) is 16.6 Å². The number of aromatic nitrogens is 4. The van der Waals surface area contributed by atoms with Gasteiger partial charge in [0.25, 0.3) is 5.56 Å². The SMILES string of the molecule is CCn1c(C(F)(F)F)cc2nc(-c3ncc(N(C)S(C)(=O)=O)cc3C)n(C)c2c1=O. The number of hydrogen-bond donors (Lipinski definition) is 0. The molecule has 3 rings (SSSR count). The van der Waals surface area contributed by atoms with E-state index < -0.39 is 27.5 Å². The summed E-state index contributed by atoms with van der Waals surface area (Å²) in [6, 6.07) is 2.43. The first-order valence-electron chi connectivity index (χ1n) is 8.85. The highest BCUT2D eigenvalue weighted by Crippen LogP contribution is 2.32. The minimum absolute atomic E-state index is 0.0263. The maximum Gasteiger partial charge on any atom is 0.431 e. The quantitative estimate of drug-likeness (QED) is 0.618. The molecule has 0 aliphatic rings. The summed E-state index contributed by atoms with van der Waals surface area (Å²) in [4.78, 5) is 21.2. The number of nitrogens with zero attached hydrogens (tertiary/aromatic N) is 5. The average molecular weight is 443 g/mol. The summed E-state index contributed by atoms with van der Waals surface area (Å²) in [5, 5.41) is 0. The molecule has 30 heavy (non-hydrogen) atoms. The van der Waals surface area contributed by atoms with Crippen LogP contribution in [-0.2, 0) is 29.8 Å². The van der Waals surface area contributed by atoms with Gasteiger partial charge >= 0.3 is 6.18 Å². The molecule has 0 aromatic carbocycles. The molecule has 3 heterocycles. The topological polar surface area (TPSA) is 90.1 Å². The standard InChI is InChI=1S/C18H20F3N5O3S/c1-6-26-13(18(19,20)21)8-12-15(17(26)27)24(3)16(23-12)14-10(2)7-11(9-22-14)25(4)30(5,28)29/h7-9H,6H2,1-5H3. The van der Waals surface area contributed by atoms with E-state index in [0.29, 0.717) is 21.5 Å². The molecule has 0 aliphatic heterocycles. The van der Waals surface area contributed by atoms with Gasteiger partial charge in [-0.1, -0.05) is 0 Å². The first-order chi connectivity index (χ1) is 13.8. The van der Waals surface area contributed by atoms with Crippen molar-refractivity contribution in [2.75, 3.05) is 17.6 Å². The van der Waals surface area contributed by atoms with Crippen LogP contribution in [0.15, 0.2) is 23.1 Å². The lowest BCUT2D eigenvalue weighted by molar-refractivity contribution is -0.144. The number of pyridine rings is 2. The van der Waals surface area contributed by atoms with Gasteiger partial charge in [0.15, 0.2) is 5.82 Å². The van der Waals surface area contributed by atoms with E-state index in [1.54, 1.807) is 13.0 Å². The van der Waals surface area contributed by atoms with Crippen LogP contribution in [0.4, 0.5) is 18.9 Å². The van der Waals surface area contributed by atoms with Crippen LogP contribution in [0.1, 0.15) is 18.2 Å².